The summed E-state index contributed by atoms with van der Waals surface area (Å²) in [5, 5.41) is -3.24. The molecule has 2 aromatic carbocycles. The van der Waals surface area contributed by atoms with Crippen molar-refractivity contribution in [1.29, 1.82) is 0 Å². The summed E-state index contributed by atoms with van der Waals surface area (Å²) in [6.45, 7) is 0. The summed E-state index contributed by atoms with van der Waals surface area (Å²) < 4.78 is 416. The van der Waals surface area contributed by atoms with Gasteiger partial charge in [-0.25, -0.2) is 26.3 Å². The van der Waals surface area contributed by atoms with Crippen molar-refractivity contribution >= 4 is 10.8 Å². The molecule has 2 unspecified atom stereocenters. The topological polar surface area (TPSA) is 0 Å². The molecule has 0 bridgehead atoms. The Morgan fingerprint density at radius 1 is 0.304 bits per heavy atom. The molecule has 0 saturated carbocycles. The van der Waals surface area contributed by atoms with Crippen LogP contribution >= 0.6 is 0 Å². The third-order valence-corrected chi connectivity index (χ3v) is 7.76. The van der Waals surface area contributed by atoms with Crippen molar-refractivity contribution in [2.24, 2.45) is 0 Å². The van der Waals surface area contributed by atoms with Gasteiger partial charge in [-0.05, 0) is 16.3 Å². The van der Waals surface area contributed by atoms with Crippen molar-refractivity contribution in [2.75, 3.05) is 0 Å². The number of halogens is 30. The maximum Gasteiger partial charge on any atom is 0.384 e. The summed E-state index contributed by atoms with van der Waals surface area (Å²) in [7, 11) is 0. The van der Waals surface area contributed by atoms with Gasteiger partial charge in [0.25, 0.3) is 0 Å². The Morgan fingerprint density at radius 3 is 0.911 bits per heavy atom. The molecule has 324 valence electrons. The van der Waals surface area contributed by atoms with E-state index in [9.17, 15) is 123 Å². The first-order valence-corrected chi connectivity index (χ1v) is 13.3. The fourth-order valence-electron chi connectivity index (χ4n) is 4.41. The molecule has 0 aliphatic heterocycles. The third kappa shape index (κ3) is 6.12. The van der Waals surface area contributed by atoms with Crippen molar-refractivity contribution in [3.8, 4) is 0 Å². The molecular weight excluding hydrogens is 882 g/mol. The summed E-state index contributed by atoms with van der Waals surface area (Å²) in [6.07, 6.45) is -24.6. The fourth-order valence-corrected chi connectivity index (χ4v) is 4.41. The lowest BCUT2D eigenvalue weighted by Gasteiger charge is -2.42. The number of hydrogen-bond acceptors (Lipinski definition) is 0. The molecule has 30 heteroatoms. The second kappa shape index (κ2) is 13.6. The van der Waals surface area contributed by atoms with Crippen molar-refractivity contribution in [3.63, 3.8) is 0 Å². The number of rotatable bonds is 16. The predicted octanol–water partition coefficient (Wildman–Crippen LogP) is 13.0. The van der Waals surface area contributed by atoms with E-state index in [0.717, 1.165) is 0 Å². The van der Waals surface area contributed by atoms with Crippen LogP contribution in [0.3, 0.4) is 0 Å². The minimum atomic E-state index is -8.95. The van der Waals surface area contributed by atoms with E-state index < -0.39 is 124 Å². The number of benzene rings is 2. The Labute approximate surface area is 287 Å². The smallest absolute Gasteiger partial charge is 0.235 e. The molecule has 0 fully saturated rings. The summed E-state index contributed by atoms with van der Waals surface area (Å²) in [4.78, 5) is 0. The van der Waals surface area contributed by atoms with E-state index >= 15 is 8.78 Å². The predicted molar refractivity (Wildman–Crippen MR) is 123 cm³/mol. The molecule has 0 nitrogen and oxygen atoms in total. The van der Waals surface area contributed by atoms with E-state index in [-0.39, 0.29) is 18.2 Å². The lowest BCUT2D eigenvalue weighted by Crippen LogP contribution is -2.72. The van der Waals surface area contributed by atoms with E-state index in [0.29, 0.717) is 12.1 Å². The Morgan fingerprint density at radius 2 is 0.589 bits per heavy atom. The monoisotopic (exact) mass is 892 g/mol. The van der Waals surface area contributed by atoms with Gasteiger partial charge in [0.05, 0.1) is 0 Å². The van der Waals surface area contributed by atoms with Crippen LogP contribution in [0.4, 0.5) is 132 Å². The van der Waals surface area contributed by atoms with Gasteiger partial charge in [0, 0.05) is 5.56 Å². The maximum absolute atomic E-state index is 15.4. The first-order chi connectivity index (χ1) is 24.4. The zero-order valence-corrected chi connectivity index (χ0v) is 25.1. The van der Waals surface area contributed by atoms with Crippen LogP contribution in [0.15, 0.2) is 36.4 Å². The highest BCUT2D eigenvalue weighted by Crippen LogP contribution is 2.66. The van der Waals surface area contributed by atoms with Crippen LogP contribution < -0.4 is 0 Å². The Bertz CT molecular complexity index is 1720. The van der Waals surface area contributed by atoms with E-state index in [1.54, 1.807) is 0 Å². The Balaban J connectivity index is 2.96. The van der Waals surface area contributed by atoms with Gasteiger partial charge in [-0.2, -0.15) is 105 Å². The minimum Gasteiger partial charge on any atom is -0.235 e. The Hall–Kier alpha value is -3.40. The molecule has 0 N–H and O–H groups in total. The molecular formula is C26H10F30. The molecule has 0 aliphatic rings. The average molecular weight is 892 g/mol. The van der Waals surface area contributed by atoms with Gasteiger partial charge in [0.2, 0.25) is 0 Å². The van der Waals surface area contributed by atoms with Gasteiger partial charge in [-0.1, -0.05) is 36.4 Å². The van der Waals surface area contributed by atoms with Crippen LogP contribution in [-0.2, 0) is 0 Å². The van der Waals surface area contributed by atoms with E-state index in [2.05, 4.69) is 0 Å². The van der Waals surface area contributed by atoms with Crippen LogP contribution in [-0.4, -0.2) is 83.9 Å². The summed E-state index contributed by atoms with van der Waals surface area (Å²) in [5.41, 5.74) is -6.74. The zero-order chi connectivity index (χ0) is 44.9. The highest BCUT2D eigenvalue weighted by Gasteiger charge is 2.93. The normalized spacial score (nSPS) is 16.9. The fraction of sp³-hybridized carbons (Fsp3) is 0.615. The second-order valence-electron chi connectivity index (χ2n) is 11.2. The Kier molecular flexibility index (Phi) is 11.8. The molecule has 56 heavy (non-hydrogen) atoms. The highest BCUT2D eigenvalue weighted by atomic mass is 19.4. The molecule has 0 heterocycles. The first kappa shape index (κ1) is 48.7. The third-order valence-electron chi connectivity index (χ3n) is 7.76. The summed E-state index contributed by atoms with van der Waals surface area (Å²) in [6, 6.07) is -0.0440. The van der Waals surface area contributed by atoms with E-state index in [1.165, 1.54) is 0 Å². The minimum absolute atomic E-state index is 0.155. The SMILES string of the molecule is FC(F)C(F)(F)C(F)(F)C(F)(F)C(F)(F)C(F)(F)C(F)(F)C(F)c1ccc2ccccc2c1C(F)C(F)(F)C(F)(F)C(F)(F)C(F)(F)C(F)(F)C(F)(F)C(F)F. The first-order valence-electron chi connectivity index (χ1n) is 13.3. The van der Waals surface area contributed by atoms with Gasteiger partial charge in [-0.3, -0.25) is 0 Å². The molecule has 2 aromatic rings. The van der Waals surface area contributed by atoms with Crippen molar-refractivity contribution < 1.29 is 132 Å². The van der Waals surface area contributed by atoms with Crippen molar-refractivity contribution in [1.82, 2.24) is 0 Å². The number of alkyl halides is 30. The van der Waals surface area contributed by atoms with Crippen LogP contribution in [0.2, 0.25) is 0 Å². The average Bonchev–Trinajstić information content (AvgIpc) is 3.05. The van der Waals surface area contributed by atoms with Gasteiger partial charge in [-0.15, -0.1) is 0 Å². The molecule has 2 rings (SSSR count). The largest absolute Gasteiger partial charge is 0.384 e. The van der Waals surface area contributed by atoms with Gasteiger partial charge >= 0.3 is 83.9 Å². The van der Waals surface area contributed by atoms with Gasteiger partial charge in [0.15, 0.2) is 12.3 Å². The number of hydrogen-bond donors (Lipinski definition) is 0. The summed E-state index contributed by atoms with van der Waals surface area (Å²) in [5.74, 6) is -102. The van der Waals surface area contributed by atoms with Crippen molar-refractivity contribution in [2.45, 2.75) is 96.3 Å². The van der Waals surface area contributed by atoms with Gasteiger partial charge < -0.3 is 0 Å². The second-order valence-corrected chi connectivity index (χ2v) is 11.2. The van der Waals surface area contributed by atoms with Crippen LogP contribution in [0.1, 0.15) is 23.5 Å². The molecule has 0 spiro atoms. The van der Waals surface area contributed by atoms with E-state index in [1.807, 2.05) is 0 Å². The summed E-state index contributed by atoms with van der Waals surface area (Å²) >= 11 is 0. The molecule has 0 aromatic heterocycles. The van der Waals surface area contributed by atoms with Crippen molar-refractivity contribution in [3.05, 3.63) is 47.5 Å². The standard InChI is InChI=1S/C26H10F30/c27-11(15(33,34)19(41,42)23(49,50)25(53,54)21(45,46)17(37,38)13(29)30)9-6-5-7-3-1-2-4-8(7)10(9)12(28)16(35,36)20(43,44)24(51,52)26(55,56)22(47,48)18(39,40)14(31)32/h1-6,11-14H. The number of fused-ring (bicyclic) bond motifs is 1. The van der Waals surface area contributed by atoms with Gasteiger partial charge in [0.1, 0.15) is 0 Å². The van der Waals surface area contributed by atoms with Crippen LogP contribution in [0.5, 0.6) is 0 Å². The van der Waals surface area contributed by atoms with E-state index in [4.69, 9.17) is 0 Å². The molecule has 2 atom stereocenters. The lowest BCUT2D eigenvalue weighted by molar-refractivity contribution is -0.437. The van der Waals surface area contributed by atoms with Crippen LogP contribution in [0.25, 0.3) is 10.8 Å². The molecule has 0 saturated heterocycles. The molecule has 0 aliphatic carbocycles. The quantitative estimate of drug-likeness (QED) is 0.147. The molecule has 0 radical (unpaired) electrons. The van der Waals surface area contributed by atoms with Crippen LogP contribution in [0, 0.1) is 0 Å². The highest BCUT2D eigenvalue weighted by molar-refractivity contribution is 5.87. The lowest BCUT2D eigenvalue weighted by atomic mass is 9.82. The zero-order valence-electron chi connectivity index (χ0n) is 25.1. The molecule has 0 amide bonds. The maximum atomic E-state index is 15.4.